The molecule has 234 valence electrons. The Kier molecular flexibility index (Phi) is 9.44. The third-order valence-electron chi connectivity index (χ3n) is 8.69. The Hall–Kier alpha value is -4.11. The lowest BCUT2D eigenvalue weighted by Crippen LogP contribution is -2.34. The second-order valence-corrected chi connectivity index (χ2v) is 11.4. The van der Waals surface area contributed by atoms with Crippen LogP contribution in [0.4, 0.5) is 4.39 Å². The number of hydrogen-bond acceptors (Lipinski definition) is 7. The number of ketones is 1. The maximum absolute atomic E-state index is 15.7. The van der Waals surface area contributed by atoms with Crippen molar-refractivity contribution in [1.29, 1.82) is 0 Å². The minimum absolute atomic E-state index is 0.0283. The van der Waals surface area contributed by atoms with Crippen molar-refractivity contribution in [2.75, 3.05) is 33.6 Å². The summed E-state index contributed by atoms with van der Waals surface area (Å²) >= 11 is 0. The van der Waals surface area contributed by atoms with Gasteiger partial charge in [-0.1, -0.05) is 37.6 Å². The lowest BCUT2D eigenvalue weighted by molar-refractivity contribution is -0.143. The van der Waals surface area contributed by atoms with Gasteiger partial charge in [-0.2, -0.15) is 0 Å². The molecular formula is C35H40FNO7. The van der Waals surface area contributed by atoms with E-state index < -0.39 is 29.7 Å². The van der Waals surface area contributed by atoms with Gasteiger partial charge in [-0.15, -0.1) is 0 Å². The fourth-order valence-corrected chi connectivity index (χ4v) is 6.78. The van der Waals surface area contributed by atoms with Gasteiger partial charge in [-0.25, -0.2) is 4.39 Å². The molecule has 8 nitrogen and oxygen atoms in total. The number of likely N-dealkylation sites (tertiary alicyclic amines) is 1. The summed E-state index contributed by atoms with van der Waals surface area (Å²) in [6, 6.07) is 11.4. The third kappa shape index (κ3) is 6.11. The van der Waals surface area contributed by atoms with Crippen molar-refractivity contribution >= 4 is 11.8 Å². The SMILES string of the molecule is CCOc1ccc([C@H]2[C@H](C(=O)O)[C@@H](c3cc(OC)c4c(c3)OCO4)CN2CC(=O)Cc2c(CC)cc(C)cc2CC)c(F)c1. The molecule has 0 aliphatic carbocycles. The highest BCUT2D eigenvalue weighted by Crippen LogP contribution is 2.50. The number of Topliss-reactive ketones (excluding diaryl/α,β-unsaturated/α-hetero) is 1. The van der Waals surface area contributed by atoms with Crippen LogP contribution in [0.5, 0.6) is 23.0 Å². The van der Waals surface area contributed by atoms with Crippen molar-refractivity contribution in [3.05, 3.63) is 81.7 Å². The zero-order chi connectivity index (χ0) is 31.5. The van der Waals surface area contributed by atoms with Crippen molar-refractivity contribution < 1.29 is 38.0 Å². The fraction of sp³-hybridized carbons (Fsp3) is 0.429. The molecule has 2 aliphatic rings. The van der Waals surface area contributed by atoms with Gasteiger partial charge in [0.1, 0.15) is 11.6 Å². The van der Waals surface area contributed by atoms with Crippen molar-refractivity contribution in [2.24, 2.45) is 5.92 Å². The molecule has 1 fully saturated rings. The number of halogens is 1. The molecule has 0 aromatic heterocycles. The molecule has 9 heteroatoms. The van der Waals surface area contributed by atoms with Gasteiger partial charge in [0.25, 0.3) is 0 Å². The van der Waals surface area contributed by atoms with Crippen LogP contribution in [0, 0.1) is 18.7 Å². The number of aliphatic carboxylic acids is 1. The number of nitrogens with zero attached hydrogens (tertiary/aromatic N) is 1. The van der Waals surface area contributed by atoms with Crippen LogP contribution in [-0.2, 0) is 28.9 Å². The summed E-state index contributed by atoms with van der Waals surface area (Å²) in [4.78, 5) is 28.6. The number of fused-ring (bicyclic) bond motifs is 1. The number of rotatable bonds is 12. The number of ether oxygens (including phenoxy) is 4. The molecule has 2 aliphatic heterocycles. The lowest BCUT2D eigenvalue weighted by atomic mass is 9.82. The van der Waals surface area contributed by atoms with E-state index in [1.807, 2.05) is 11.8 Å². The number of carbonyl (C=O) groups is 2. The van der Waals surface area contributed by atoms with E-state index in [4.69, 9.17) is 18.9 Å². The minimum Gasteiger partial charge on any atom is -0.494 e. The molecule has 0 saturated carbocycles. The molecule has 0 spiro atoms. The first kappa shape index (κ1) is 31.3. The molecule has 0 bridgehead atoms. The number of hydrogen-bond donors (Lipinski definition) is 1. The monoisotopic (exact) mass is 605 g/mol. The average Bonchev–Trinajstić information content (AvgIpc) is 3.62. The third-order valence-corrected chi connectivity index (χ3v) is 8.69. The Morgan fingerprint density at radius 1 is 1.05 bits per heavy atom. The van der Waals surface area contributed by atoms with Crippen molar-refractivity contribution in [1.82, 2.24) is 4.90 Å². The van der Waals surface area contributed by atoms with E-state index in [9.17, 15) is 14.7 Å². The molecule has 1 N–H and O–H groups in total. The van der Waals surface area contributed by atoms with E-state index in [1.54, 1.807) is 24.3 Å². The zero-order valence-electron chi connectivity index (χ0n) is 25.9. The van der Waals surface area contributed by atoms with E-state index in [2.05, 4.69) is 32.9 Å². The number of carboxylic acids is 1. The predicted molar refractivity (Wildman–Crippen MR) is 164 cm³/mol. The molecular weight excluding hydrogens is 565 g/mol. The van der Waals surface area contributed by atoms with Gasteiger partial charge in [0, 0.05) is 30.5 Å². The van der Waals surface area contributed by atoms with Gasteiger partial charge in [-0.3, -0.25) is 14.5 Å². The maximum Gasteiger partial charge on any atom is 0.309 e. The van der Waals surface area contributed by atoms with Gasteiger partial charge in [-0.05, 0) is 67.1 Å². The van der Waals surface area contributed by atoms with Crippen LogP contribution in [0.1, 0.15) is 66.1 Å². The quantitative estimate of drug-likeness (QED) is 0.267. The molecule has 0 radical (unpaired) electrons. The Labute approximate surface area is 257 Å². The van der Waals surface area contributed by atoms with E-state index in [0.717, 1.165) is 35.1 Å². The van der Waals surface area contributed by atoms with Crippen molar-refractivity contribution in [3.8, 4) is 23.0 Å². The first-order valence-electron chi connectivity index (χ1n) is 15.2. The van der Waals surface area contributed by atoms with Crippen LogP contribution in [0.25, 0.3) is 0 Å². The largest absolute Gasteiger partial charge is 0.494 e. The van der Waals surface area contributed by atoms with Gasteiger partial charge in [0.15, 0.2) is 17.3 Å². The van der Waals surface area contributed by atoms with Crippen molar-refractivity contribution in [2.45, 2.75) is 58.9 Å². The van der Waals surface area contributed by atoms with E-state index in [-0.39, 0.29) is 37.6 Å². The number of carboxylic acid groups (broad SMARTS) is 1. The van der Waals surface area contributed by atoms with Crippen LogP contribution in [0.15, 0.2) is 42.5 Å². The molecule has 44 heavy (non-hydrogen) atoms. The Morgan fingerprint density at radius 3 is 2.39 bits per heavy atom. The first-order chi connectivity index (χ1) is 21.2. The molecule has 0 unspecified atom stereocenters. The topological polar surface area (TPSA) is 94.5 Å². The van der Waals surface area contributed by atoms with E-state index in [1.165, 1.54) is 13.2 Å². The average molecular weight is 606 g/mol. The molecule has 5 rings (SSSR count). The summed E-state index contributed by atoms with van der Waals surface area (Å²) in [6.07, 6.45) is 1.83. The molecule has 0 amide bonds. The zero-order valence-corrected chi connectivity index (χ0v) is 25.9. The number of carbonyl (C=O) groups excluding carboxylic acids is 1. The second-order valence-electron chi connectivity index (χ2n) is 11.4. The van der Waals surface area contributed by atoms with E-state index >= 15 is 4.39 Å². The summed E-state index contributed by atoms with van der Waals surface area (Å²) in [5.41, 5.74) is 5.33. The Morgan fingerprint density at radius 2 is 1.77 bits per heavy atom. The summed E-state index contributed by atoms with van der Waals surface area (Å²) in [7, 11) is 1.51. The molecule has 3 aromatic carbocycles. The van der Waals surface area contributed by atoms with Crippen LogP contribution < -0.4 is 18.9 Å². The van der Waals surface area contributed by atoms with Crippen LogP contribution in [0.2, 0.25) is 0 Å². The maximum atomic E-state index is 15.7. The summed E-state index contributed by atoms with van der Waals surface area (Å²) < 4.78 is 37.9. The minimum atomic E-state index is -1.08. The van der Waals surface area contributed by atoms with E-state index in [0.29, 0.717) is 35.2 Å². The normalized spacial score (nSPS) is 19.3. The summed E-state index contributed by atoms with van der Waals surface area (Å²) in [5.74, 6) is -1.66. The second kappa shape index (κ2) is 13.3. The number of aryl methyl sites for hydroxylation is 3. The molecule has 3 aromatic rings. The molecule has 2 heterocycles. The highest BCUT2D eigenvalue weighted by atomic mass is 19.1. The summed E-state index contributed by atoms with van der Waals surface area (Å²) in [6.45, 7) is 8.61. The first-order valence-corrected chi connectivity index (χ1v) is 15.2. The van der Waals surface area contributed by atoms with Crippen LogP contribution >= 0.6 is 0 Å². The van der Waals surface area contributed by atoms with Crippen molar-refractivity contribution in [3.63, 3.8) is 0 Å². The molecule has 1 saturated heterocycles. The Balaban J connectivity index is 1.55. The summed E-state index contributed by atoms with van der Waals surface area (Å²) in [5, 5.41) is 10.6. The molecule has 3 atom stereocenters. The predicted octanol–water partition coefficient (Wildman–Crippen LogP) is 6.05. The van der Waals surface area contributed by atoms with Crippen LogP contribution in [0.3, 0.4) is 0 Å². The highest BCUT2D eigenvalue weighted by molar-refractivity contribution is 5.84. The van der Waals surface area contributed by atoms with Crippen LogP contribution in [-0.4, -0.2) is 55.4 Å². The lowest BCUT2D eigenvalue weighted by Gasteiger charge is -2.27. The van der Waals surface area contributed by atoms with Gasteiger partial charge in [0.2, 0.25) is 12.5 Å². The smallest absolute Gasteiger partial charge is 0.309 e. The highest BCUT2D eigenvalue weighted by Gasteiger charge is 2.49. The number of benzene rings is 3. The van der Waals surface area contributed by atoms with Gasteiger partial charge >= 0.3 is 5.97 Å². The van der Waals surface area contributed by atoms with Gasteiger partial charge in [0.05, 0.1) is 32.2 Å². The Bertz CT molecular complexity index is 1530. The van der Waals surface area contributed by atoms with Gasteiger partial charge < -0.3 is 24.1 Å². The number of methoxy groups -OCH3 is 1. The fourth-order valence-electron chi connectivity index (χ4n) is 6.78. The standard InChI is InChI=1S/C35H40FNO7/c1-6-21-11-20(4)12-22(7-2)27(21)15-24(38)17-37-18-28(23-13-30(41-5)34-31(14-23)43-19-44-34)32(35(39)40)33(37)26-10-9-25(42-8-3)16-29(26)36/h9-14,16,28,32-33H,6-8,15,17-19H2,1-5H3,(H,39,40)/t28-,32-,33+/m1/s1.